The second-order valence-electron chi connectivity index (χ2n) is 9.36. The quantitative estimate of drug-likeness (QED) is 0.519. The Kier molecular flexibility index (Phi) is 7.07. The van der Waals surface area contributed by atoms with Crippen LogP contribution in [0.1, 0.15) is 39.3 Å². The Morgan fingerprint density at radius 1 is 1.08 bits per heavy atom. The van der Waals surface area contributed by atoms with Crippen LogP contribution in [-0.4, -0.2) is 72.4 Å². The molecule has 1 fully saturated rings. The van der Waals surface area contributed by atoms with Crippen molar-refractivity contribution in [1.82, 2.24) is 14.7 Å². The van der Waals surface area contributed by atoms with E-state index < -0.39 is 0 Å². The van der Waals surface area contributed by atoms with Crippen LogP contribution in [0.3, 0.4) is 0 Å². The van der Waals surface area contributed by atoms with Crippen molar-refractivity contribution in [3.63, 3.8) is 0 Å². The Morgan fingerprint density at radius 2 is 1.92 bits per heavy atom. The molecule has 3 aromatic rings. The molecule has 0 aliphatic carbocycles. The Hall–Kier alpha value is -3.23. The SMILES string of the molecule is COc1ccccc1C(=O)N1CCN(C(=O)CN2CCc3sccc3C2c2cccc(F)c2)CC1C. The topological polar surface area (TPSA) is 53.1 Å². The number of rotatable bonds is 5. The summed E-state index contributed by atoms with van der Waals surface area (Å²) in [7, 11) is 1.56. The van der Waals surface area contributed by atoms with Crippen molar-refractivity contribution in [2.75, 3.05) is 39.8 Å². The Bertz CT molecular complexity index is 1260. The molecule has 2 atom stereocenters. The smallest absolute Gasteiger partial charge is 0.257 e. The largest absolute Gasteiger partial charge is 0.496 e. The van der Waals surface area contributed by atoms with E-state index in [4.69, 9.17) is 4.74 Å². The van der Waals surface area contributed by atoms with Crippen LogP contribution in [0.4, 0.5) is 4.39 Å². The summed E-state index contributed by atoms with van der Waals surface area (Å²) < 4.78 is 19.5. The second kappa shape index (κ2) is 10.4. The monoisotopic (exact) mass is 507 g/mol. The number of ether oxygens (including phenoxy) is 1. The maximum Gasteiger partial charge on any atom is 0.257 e. The number of carbonyl (C=O) groups is 2. The van der Waals surface area contributed by atoms with Gasteiger partial charge in [-0.25, -0.2) is 4.39 Å². The van der Waals surface area contributed by atoms with Gasteiger partial charge in [0.05, 0.1) is 25.3 Å². The lowest BCUT2D eigenvalue weighted by Gasteiger charge is -2.42. The van der Waals surface area contributed by atoms with Gasteiger partial charge in [-0.2, -0.15) is 0 Å². The molecule has 2 aliphatic rings. The van der Waals surface area contributed by atoms with E-state index in [1.807, 2.05) is 34.9 Å². The second-order valence-corrected chi connectivity index (χ2v) is 10.4. The number of nitrogens with zero attached hydrogens (tertiary/aromatic N) is 3. The van der Waals surface area contributed by atoms with Crippen LogP contribution in [-0.2, 0) is 11.2 Å². The molecule has 0 bridgehead atoms. The minimum atomic E-state index is -0.272. The summed E-state index contributed by atoms with van der Waals surface area (Å²) >= 11 is 1.72. The molecule has 0 N–H and O–H groups in total. The number of thiophene rings is 1. The first-order chi connectivity index (χ1) is 17.5. The maximum atomic E-state index is 14.1. The van der Waals surface area contributed by atoms with E-state index in [1.165, 1.54) is 10.9 Å². The third-order valence-electron chi connectivity index (χ3n) is 7.15. The lowest BCUT2D eigenvalue weighted by molar-refractivity contribution is -0.135. The minimum Gasteiger partial charge on any atom is -0.496 e. The highest BCUT2D eigenvalue weighted by Crippen LogP contribution is 2.38. The predicted molar refractivity (Wildman–Crippen MR) is 138 cm³/mol. The summed E-state index contributed by atoms with van der Waals surface area (Å²) in [5.74, 6) is 0.228. The van der Waals surface area contributed by atoms with Crippen molar-refractivity contribution in [3.05, 3.63) is 87.4 Å². The van der Waals surface area contributed by atoms with Crippen molar-refractivity contribution in [3.8, 4) is 5.75 Å². The Balaban J connectivity index is 1.29. The van der Waals surface area contributed by atoms with E-state index in [0.717, 1.165) is 24.1 Å². The molecule has 2 amide bonds. The average molecular weight is 508 g/mol. The highest BCUT2D eigenvalue weighted by atomic mass is 32.1. The van der Waals surface area contributed by atoms with E-state index in [9.17, 15) is 14.0 Å². The molecule has 0 saturated carbocycles. The summed E-state index contributed by atoms with van der Waals surface area (Å²) in [5.41, 5.74) is 2.55. The highest BCUT2D eigenvalue weighted by molar-refractivity contribution is 7.10. The van der Waals surface area contributed by atoms with Crippen molar-refractivity contribution < 1.29 is 18.7 Å². The number of carbonyl (C=O) groups excluding carboxylic acids is 2. The van der Waals surface area contributed by atoms with E-state index in [0.29, 0.717) is 30.9 Å². The van der Waals surface area contributed by atoms with E-state index in [-0.39, 0.29) is 36.3 Å². The summed E-state index contributed by atoms with van der Waals surface area (Å²) in [4.78, 5) is 33.8. The number of halogens is 1. The van der Waals surface area contributed by atoms with Gasteiger partial charge in [0, 0.05) is 37.1 Å². The summed E-state index contributed by atoms with van der Waals surface area (Å²) in [6.07, 6.45) is 0.879. The summed E-state index contributed by atoms with van der Waals surface area (Å²) in [6, 6.07) is 15.7. The third kappa shape index (κ3) is 4.75. The van der Waals surface area contributed by atoms with Crippen LogP contribution in [0, 0.1) is 5.82 Å². The van der Waals surface area contributed by atoms with Crippen molar-refractivity contribution in [2.24, 2.45) is 0 Å². The van der Waals surface area contributed by atoms with Crippen LogP contribution in [0.5, 0.6) is 5.75 Å². The van der Waals surface area contributed by atoms with Crippen LogP contribution in [0.2, 0.25) is 0 Å². The molecule has 1 aromatic heterocycles. The molecule has 188 valence electrons. The highest BCUT2D eigenvalue weighted by Gasteiger charge is 2.35. The van der Waals surface area contributed by atoms with E-state index in [2.05, 4.69) is 16.3 Å². The first-order valence-corrected chi connectivity index (χ1v) is 13.1. The van der Waals surface area contributed by atoms with E-state index >= 15 is 0 Å². The van der Waals surface area contributed by atoms with Crippen LogP contribution in [0.25, 0.3) is 0 Å². The minimum absolute atomic E-state index is 0.0336. The molecule has 1 saturated heterocycles. The number of methoxy groups -OCH3 is 1. The third-order valence-corrected chi connectivity index (χ3v) is 8.14. The van der Waals surface area contributed by atoms with Gasteiger partial charge in [-0.1, -0.05) is 24.3 Å². The zero-order valence-electron chi connectivity index (χ0n) is 20.5. The molecule has 36 heavy (non-hydrogen) atoms. The average Bonchev–Trinajstić information content (AvgIpc) is 3.37. The lowest BCUT2D eigenvalue weighted by atomic mass is 9.93. The van der Waals surface area contributed by atoms with Crippen LogP contribution in [0.15, 0.2) is 60.0 Å². The normalized spacial score (nSPS) is 20.2. The number of para-hydroxylation sites is 1. The van der Waals surface area contributed by atoms with Gasteiger partial charge in [0.15, 0.2) is 0 Å². The number of hydrogen-bond acceptors (Lipinski definition) is 5. The van der Waals surface area contributed by atoms with Gasteiger partial charge in [-0.15, -0.1) is 11.3 Å². The molecular weight excluding hydrogens is 477 g/mol. The summed E-state index contributed by atoms with van der Waals surface area (Å²) in [5, 5.41) is 2.07. The fourth-order valence-corrected chi connectivity index (χ4v) is 6.25. The molecular formula is C28H30FN3O3S. The van der Waals surface area contributed by atoms with E-state index in [1.54, 1.807) is 42.7 Å². The first-order valence-electron chi connectivity index (χ1n) is 12.2. The molecule has 0 radical (unpaired) electrons. The Morgan fingerprint density at radius 3 is 2.69 bits per heavy atom. The fraction of sp³-hybridized carbons (Fsp3) is 0.357. The fourth-order valence-electron chi connectivity index (χ4n) is 5.34. The van der Waals surface area contributed by atoms with Gasteiger partial charge in [-0.05, 0) is 60.2 Å². The van der Waals surface area contributed by atoms with Gasteiger partial charge < -0.3 is 14.5 Å². The first kappa shape index (κ1) is 24.5. The zero-order valence-corrected chi connectivity index (χ0v) is 21.3. The predicted octanol–water partition coefficient (Wildman–Crippen LogP) is 4.22. The molecule has 5 rings (SSSR count). The lowest BCUT2D eigenvalue weighted by Crippen LogP contribution is -2.57. The zero-order chi connectivity index (χ0) is 25.2. The standard InChI is InChI=1S/C28H30FN3O3S/c1-19-17-30(13-14-32(19)28(34)22-8-3-4-9-24(22)35-2)26(33)18-31-12-10-25-23(11-15-36-25)27(31)20-6-5-7-21(29)16-20/h3-9,11,15-16,19,27H,10,12-14,17-18H2,1-2H3. The van der Waals surface area contributed by atoms with Gasteiger partial charge in [0.1, 0.15) is 11.6 Å². The molecule has 0 spiro atoms. The molecule has 8 heteroatoms. The van der Waals surface area contributed by atoms with Crippen LogP contribution >= 0.6 is 11.3 Å². The maximum absolute atomic E-state index is 14.1. The van der Waals surface area contributed by atoms with Gasteiger partial charge in [0.2, 0.25) is 5.91 Å². The number of piperazine rings is 1. The number of benzene rings is 2. The molecule has 6 nitrogen and oxygen atoms in total. The van der Waals surface area contributed by atoms with Gasteiger partial charge in [-0.3, -0.25) is 14.5 Å². The van der Waals surface area contributed by atoms with Crippen molar-refractivity contribution in [1.29, 1.82) is 0 Å². The van der Waals surface area contributed by atoms with Gasteiger partial charge in [0.25, 0.3) is 5.91 Å². The molecule has 2 aliphatic heterocycles. The van der Waals surface area contributed by atoms with Crippen molar-refractivity contribution in [2.45, 2.75) is 25.4 Å². The molecule has 2 aromatic carbocycles. The molecule has 2 unspecified atom stereocenters. The molecule has 3 heterocycles. The van der Waals surface area contributed by atoms with Crippen molar-refractivity contribution >= 4 is 23.2 Å². The summed E-state index contributed by atoms with van der Waals surface area (Å²) in [6.45, 7) is 4.38. The Labute approximate surface area is 214 Å². The number of hydrogen-bond donors (Lipinski definition) is 0. The number of amides is 2. The van der Waals surface area contributed by atoms with Gasteiger partial charge >= 0.3 is 0 Å². The number of fused-ring (bicyclic) bond motifs is 1. The van der Waals surface area contributed by atoms with Crippen LogP contribution < -0.4 is 4.74 Å².